The minimum Gasteiger partial charge on any atom is -0.467 e. The summed E-state index contributed by atoms with van der Waals surface area (Å²) in [6, 6.07) is 5.04. The SMILES string of the molecule is CCOC(=O)c1ccc(NC(=O)NC(C(=O)OC)C(C)CC)cc1. The quantitative estimate of drug-likeness (QED) is 0.746. The largest absolute Gasteiger partial charge is 0.467 e. The molecule has 1 rings (SSSR count). The molecule has 0 heterocycles. The van der Waals surface area contributed by atoms with E-state index in [0.717, 1.165) is 0 Å². The first-order valence-corrected chi connectivity index (χ1v) is 7.85. The Balaban J connectivity index is 2.69. The Morgan fingerprint density at radius 1 is 1.12 bits per heavy atom. The second-order valence-corrected chi connectivity index (χ2v) is 5.28. The number of nitrogens with one attached hydrogen (secondary N) is 2. The summed E-state index contributed by atoms with van der Waals surface area (Å²) in [5.41, 5.74) is 0.892. The highest BCUT2D eigenvalue weighted by atomic mass is 16.5. The van der Waals surface area contributed by atoms with Gasteiger partial charge in [-0.05, 0) is 37.1 Å². The molecule has 2 amide bonds. The molecule has 0 fully saturated rings. The number of anilines is 1. The van der Waals surface area contributed by atoms with Gasteiger partial charge in [0.25, 0.3) is 0 Å². The van der Waals surface area contributed by atoms with Gasteiger partial charge in [-0.15, -0.1) is 0 Å². The van der Waals surface area contributed by atoms with Gasteiger partial charge in [0.2, 0.25) is 0 Å². The number of methoxy groups -OCH3 is 1. The highest BCUT2D eigenvalue weighted by Crippen LogP contribution is 2.12. The summed E-state index contributed by atoms with van der Waals surface area (Å²) >= 11 is 0. The van der Waals surface area contributed by atoms with Crippen LogP contribution in [0.25, 0.3) is 0 Å². The number of esters is 2. The van der Waals surface area contributed by atoms with Crippen molar-refractivity contribution >= 4 is 23.7 Å². The summed E-state index contributed by atoms with van der Waals surface area (Å²) in [6.07, 6.45) is 0.717. The maximum Gasteiger partial charge on any atom is 0.338 e. The molecule has 24 heavy (non-hydrogen) atoms. The molecule has 2 N–H and O–H groups in total. The summed E-state index contributed by atoms with van der Waals surface area (Å²) in [5, 5.41) is 5.23. The van der Waals surface area contributed by atoms with Crippen LogP contribution in [-0.4, -0.2) is 37.7 Å². The zero-order chi connectivity index (χ0) is 18.1. The van der Waals surface area contributed by atoms with Crippen LogP contribution in [-0.2, 0) is 14.3 Å². The van der Waals surface area contributed by atoms with Crippen LogP contribution in [0.1, 0.15) is 37.6 Å². The number of carbonyl (C=O) groups is 3. The molecule has 7 heteroatoms. The predicted molar refractivity (Wildman–Crippen MR) is 89.8 cm³/mol. The fourth-order valence-corrected chi connectivity index (χ4v) is 2.01. The third kappa shape index (κ3) is 5.57. The monoisotopic (exact) mass is 336 g/mol. The normalized spacial score (nSPS) is 12.7. The van der Waals surface area contributed by atoms with E-state index in [1.54, 1.807) is 31.2 Å². The standard InChI is InChI=1S/C17H24N2O5/c1-5-11(3)14(16(21)23-4)19-17(22)18-13-9-7-12(8-10-13)15(20)24-6-2/h7-11,14H,5-6H2,1-4H3,(H2,18,19,22). The number of hydrogen-bond acceptors (Lipinski definition) is 5. The Morgan fingerprint density at radius 3 is 2.25 bits per heavy atom. The molecule has 0 bridgehead atoms. The number of amides is 2. The van der Waals surface area contributed by atoms with Crippen LogP contribution in [0.2, 0.25) is 0 Å². The van der Waals surface area contributed by atoms with Crippen LogP contribution in [0.4, 0.5) is 10.5 Å². The fraction of sp³-hybridized carbons (Fsp3) is 0.471. The second-order valence-electron chi connectivity index (χ2n) is 5.28. The Morgan fingerprint density at radius 2 is 1.75 bits per heavy atom. The molecule has 2 unspecified atom stereocenters. The van der Waals surface area contributed by atoms with Crippen molar-refractivity contribution in [3.8, 4) is 0 Å². The lowest BCUT2D eigenvalue weighted by atomic mass is 9.99. The van der Waals surface area contributed by atoms with E-state index in [1.807, 2.05) is 13.8 Å². The molecule has 0 saturated heterocycles. The predicted octanol–water partition coefficient (Wildman–Crippen LogP) is 2.57. The number of benzene rings is 1. The summed E-state index contributed by atoms with van der Waals surface area (Å²) in [4.78, 5) is 35.4. The van der Waals surface area contributed by atoms with Crippen LogP contribution >= 0.6 is 0 Å². The van der Waals surface area contributed by atoms with Gasteiger partial charge in [0.15, 0.2) is 0 Å². The second kappa shape index (κ2) is 9.54. The summed E-state index contributed by atoms with van der Waals surface area (Å²) < 4.78 is 9.61. The van der Waals surface area contributed by atoms with Crippen LogP contribution in [0.5, 0.6) is 0 Å². The van der Waals surface area contributed by atoms with Gasteiger partial charge in [-0.2, -0.15) is 0 Å². The van der Waals surface area contributed by atoms with Crippen molar-refractivity contribution in [3.63, 3.8) is 0 Å². The van der Waals surface area contributed by atoms with E-state index < -0.39 is 24.0 Å². The molecule has 0 aliphatic carbocycles. The van der Waals surface area contributed by atoms with Crippen molar-refractivity contribution in [3.05, 3.63) is 29.8 Å². The van der Waals surface area contributed by atoms with Crippen LogP contribution in [0.3, 0.4) is 0 Å². The van der Waals surface area contributed by atoms with E-state index >= 15 is 0 Å². The molecule has 0 saturated carbocycles. The van der Waals surface area contributed by atoms with E-state index in [1.165, 1.54) is 7.11 Å². The third-order valence-corrected chi connectivity index (χ3v) is 3.61. The van der Waals surface area contributed by atoms with Gasteiger partial charge in [-0.3, -0.25) is 0 Å². The Hall–Kier alpha value is -2.57. The topological polar surface area (TPSA) is 93.7 Å². The molecule has 0 aliphatic heterocycles. The zero-order valence-corrected chi connectivity index (χ0v) is 14.4. The average Bonchev–Trinajstić information content (AvgIpc) is 2.59. The maximum absolute atomic E-state index is 12.1. The molecule has 2 atom stereocenters. The molecule has 0 radical (unpaired) electrons. The maximum atomic E-state index is 12.1. The Labute approximate surface area is 141 Å². The van der Waals surface area contributed by atoms with Crippen molar-refractivity contribution in [2.45, 2.75) is 33.2 Å². The van der Waals surface area contributed by atoms with E-state index in [0.29, 0.717) is 24.3 Å². The van der Waals surface area contributed by atoms with E-state index in [9.17, 15) is 14.4 Å². The lowest BCUT2D eigenvalue weighted by molar-refractivity contribution is -0.144. The van der Waals surface area contributed by atoms with Gasteiger partial charge in [0.1, 0.15) is 6.04 Å². The van der Waals surface area contributed by atoms with Crippen LogP contribution < -0.4 is 10.6 Å². The molecule has 1 aromatic carbocycles. The fourth-order valence-electron chi connectivity index (χ4n) is 2.01. The third-order valence-electron chi connectivity index (χ3n) is 3.61. The van der Waals surface area contributed by atoms with Crippen molar-refractivity contribution < 1.29 is 23.9 Å². The zero-order valence-electron chi connectivity index (χ0n) is 14.4. The van der Waals surface area contributed by atoms with E-state index in [-0.39, 0.29) is 5.92 Å². The van der Waals surface area contributed by atoms with Gasteiger partial charge in [-0.1, -0.05) is 20.3 Å². The molecule has 0 aliphatic rings. The number of urea groups is 1. The molecular formula is C17H24N2O5. The molecular weight excluding hydrogens is 312 g/mol. The molecule has 0 aromatic heterocycles. The number of carbonyl (C=O) groups excluding carboxylic acids is 3. The smallest absolute Gasteiger partial charge is 0.338 e. The molecule has 1 aromatic rings. The Kier molecular flexibility index (Phi) is 7.74. The van der Waals surface area contributed by atoms with Gasteiger partial charge in [0, 0.05) is 5.69 Å². The van der Waals surface area contributed by atoms with Gasteiger partial charge in [-0.25, -0.2) is 14.4 Å². The minimum atomic E-state index is -0.723. The van der Waals surface area contributed by atoms with Crippen LogP contribution in [0.15, 0.2) is 24.3 Å². The van der Waals surface area contributed by atoms with E-state index in [4.69, 9.17) is 9.47 Å². The number of hydrogen-bond donors (Lipinski definition) is 2. The van der Waals surface area contributed by atoms with Crippen molar-refractivity contribution in [2.24, 2.45) is 5.92 Å². The summed E-state index contributed by atoms with van der Waals surface area (Å²) in [7, 11) is 1.28. The lowest BCUT2D eigenvalue weighted by Gasteiger charge is -2.22. The van der Waals surface area contributed by atoms with Crippen molar-refractivity contribution in [1.82, 2.24) is 5.32 Å². The average molecular weight is 336 g/mol. The van der Waals surface area contributed by atoms with Gasteiger partial charge in [0.05, 0.1) is 19.3 Å². The van der Waals surface area contributed by atoms with Crippen LogP contribution in [0, 0.1) is 5.92 Å². The molecule has 0 spiro atoms. The number of rotatable bonds is 7. The minimum absolute atomic E-state index is 0.0607. The highest BCUT2D eigenvalue weighted by Gasteiger charge is 2.26. The summed E-state index contributed by atoms with van der Waals surface area (Å²) in [5.74, 6) is -0.970. The van der Waals surface area contributed by atoms with Gasteiger partial charge >= 0.3 is 18.0 Å². The van der Waals surface area contributed by atoms with E-state index in [2.05, 4.69) is 10.6 Å². The Bertz CT molecular complexity index is 571. The van der Waals surface area contributed by atoms with Gasteiger partial charge < -0.3 is 20.1 Å². The number of ether oxygens (including phenoxy) is 2. The van der Waals surface area contributed by atoms with Crippen molar-refractivity contribution in [1.29, 1.82) is 0 Å². The first-order chi connectivity index (χ1) is 11.4. The lowest BCUT2D eigenvalue weighted by Crippen LogP contribution is -2.47. The highest BCUT2D eigenvalue weighted by molar-refractivity contribution is 5.94. The summed E-state index contributed by atoms with van der Waals surface area (Å²) in [6.45, 7) is 5.81. The van der Waals surface area contributed by atoms with Crippen molar-refractivity contribution in [2.75, 3.05) is 19.0 Å². The molecule has 7 nitrogen and oxygen atoms in total. The first-order valence-electron chi connectivity index (χ1n) is 7.85. The molecule has 132 valence electrons. The first kappa shape index (κ1) is 19.5.